The first kappa shape index (κ1) is 20.7. The molecule has 0 amide bonds. The summed E-state index contributed by atoms with van der Waals surface area (Å²) in [5, 5.41) is 3.18. The van der Waals surface area contributed by atoms with Gasteiger partial charge >= 0.3 is 0 Å². The summed E-state index contributed by atoms with van der Waals surface area (Å²) in [6, 6.07) is 17.3. The Hall–Kier alpha value is -1.60. The zero-order valence-corrected chi connectivity index (χ0v) is 17.9. The lowest BCUT2D eigenvalue weighted by Gasteiger charge is -2.26. The van der Waals surface area contributed by atoms with Crippen LogP contribution in [0.4, 0.5) is 5.69 Å². The van der Waals surface area contributed by atoms with Crippen LogP contribution in [-0.4, -0.2) is 30.5 Å². The second-order valence-corrected chi connectivity index (χ2v) is 6.89. The smallest absolute Gasteiger partial charge is 0.193 e. The van der Waals surface area contributed by atoms with E-state index in [0.717, 1.165) is 18.8 Å². The highest BCUT2D eigenvalue weighted by atomic mass is 127. The van der Waals surface area contributed by atoms with Gasteiger partial charge in [-0.05, 0) is 57.5 Å². The summed E-state index contributed by atoms with van der Waals surface area (Å²) in [5.41, 5.74) is 10.9. The third-order valence-corrected chi connectivity index (χ3v) is 4.80. The molecule has 1 aliphatic rings. The fourth-order valence-corrected chi connectivity index (χ4v) is 3.28. The topological polar surface area (TPSA) is 53.6 Å². The lowest BCUT2D eigenvalue weighted by Crippen LogP contribution is -2.30. The van der Waals surface area contributed by atoms with Gasteiger partial charge in [0.1, 0.15) is 0 Å². The van der Waals surface area contributed by atoms with E-state index in [4.69, 9.17) is 5.73 Å². The second-order valence-electron chi connectivity index (χ2n) is 6.89. The van der Waals surface area contributed by atoms with Gasteiger partial charge in [-0.2, -0.15) is 0 Å². The van der Waals surface area contributed by atoms with Crippen molar-refractivity contribution in [1.29, 1.82) is 0 Å². The van der Waals surface area contributed by atoms with E-state index in [2.05, 4.69) is 65.5 Å². The number of likely N-dealkylation sites (tertiary alicyclic amines) is 1. The third-order valence-electron chi connectivity index (χ3n) is 4.80. The number of aliphatic imine (C=N–C) groups is 1. The monoisotopic (exact) mass is 464 g/mol. The fourth-order valence-electron chi connectivity index (χ4n) is 3.28. The molecule has 3 N–H and O–H groups in total. The minimum Gasteiger partial charge on any atom is -0.370 e. The quantitative estimate of drug-likeness (QED) is 0.390. The van der Waals surface area contributed by atoms with Crippen LogP contribution in [0.15, 0.2) is 53.5 Å². The Bertz CT molecular complexity index is 704. The molecule has 2 aromatic carbocycles. The number of anilines is 1. The molecule has 0 bridgehead atoms. The van der Waals surface area contributed by atoms with Crippen LogP contribution < -0.4 is 11.1 Å². The third kappa shape index (κ3) is 5.71. The van der Waals surface area contributed by atoms with Crippen LogP contribution in [0.1, 0.15) is 35.6 Å². The van der Waals surface area contributed by atoms with Crippen molar-refractivity contribution in [2.24, 2.45) is 10.7 Å². The molecule has 1 saturated heterocycles. The number of nitrogens with one attached hydrogen (secondary N) is 1. The Morgan fingerprint density at radius 1 is 1.00 bits per heavy atom. The first-order valence-corrected chi connectivity index (χ1v) is 9.06. The van der Waals surface area contributed by atoms with Crippen molar-refractivity contribution in [3.8, 4) is 0 Å². The van der Waals surface area contributed by atoms with Gasteiger partial charge in [0, 0.05) is 5.69 Å². The van der Waals surface area contributed by atoms with Crippen LogP contribution in [0.3, 0.4) is 0 Å². The molecular weight excluding hydrogens is 435 g/mol. The molecule has 1 atom stereocenters. The van der Waals surface area contributed by atoms with Gasteiger partial charge in [-0.25, -0.2) is 0 Å². The first-order valence-electron chi connectivity index (χ1n) is 9.06. The number of hydrogen-bond donors (Lipinski definition) is 2. The first-order chi connectivity index (χ1) is 12.1. The molecule has 140 valence electrons. The summed E-state index contributed by atoms with van der Waals surface area (Å²) < 4.78 is 0. The average Bonchev–Trinajstić information content (AvgIpc) is 3.13. The maximum Gasteiger partial charge on any atom is 0.193 e. The van der Waals surface area contributed by atoms with Crippen molar-refractivity contribution < 1.29 is 0 Å². The number of guanidine groups is 1. The maximum atomic E-state index is 6.11. The Kier molecular flexibility index (Phi) is 7.90. The molecule has 4 nitrogen and oxygen atoms in total. The summed E-state index contributed by atoms with van der Waals surface area (Å²) >= 11 is 0. The van der Waals surface area contributed by atoms with Crippen molar-refractivity contribution >= 4 is 35.6 Å². The number of benzene rings is 2. The molecule has 0 radical (unpaired) electrons. The zero-order chi connectivity index (χ0) is 17.6. The van der Waals surface area contributed by atoms with E-state index >= 15 is 0 Å². The van der Waals surface area contributed by atoms with Gasteiger partial charge in [0.2, 0.25) is 0 Å². The van der Waals surface area contributed by atoms with Crippen LogP contribution >= 0.6 is 24.0 Å². The van der Waals surface area contributed by atoms with Gasteiger partial charge in [0.15, 0.2) is 5.96 Å². The molecule has 0 aliphatic carbocycles. The summed E-state index contributed by atoms with van der Waals surface area (Å²) in [7, 11) is 0. The molecule has 0 aromatic heterocycles. The van der Waals surface area contributed by atoms with Gasteiger partial charge in [0.25, 0.3) is 0 Å². The van der Waals surface area contributed by atoms with Crippen LogP contribution in [-0.2, 0) is 0 Å². The summed E-state index contributed by atoms with van der Waals surface area (Å²) in [6.07, 6.45) is 2.53. The second kappa shape index (κ2) is 9.92. The van der Waals surface area contributed by atoms with E-state index in [1.165, 1.54) is 29.5 Å². The van der Waals surface area contributed by atoms with E-state index < -0.39 is 0 Å². The predicted molar refractivity (Wildman–Crippen MR) is 121 cm³/mol. The summed E-state index contributed by atoms with van der Waals surface area (Å²) in [5.74, 6) is 0.472. The normalized spacial score (nSPS) is 16.2. The standard InChI is InChI=1S/C21H28N4.HI/c1-16-5-9-18(10-6-16)20(25-13-3-4-14-25)15-23-21(22)24-19-11-7-17(2)8-12-19;/h5-12,20H,3-4,13-15H2,1-2H3,(H3,22,23,24);1H. The van der Waals surface area contributed by atoms with E-state index in [1.807, 2.05) is 12.1 Å². The molecule has 26 heavy (non-hydrogen) atoms. The largest absolute Gasteiger partial charge is 0.370 e. The van der Waals surface area contributed by atoms with E-state index in [1.54, 1.807) is 0 Å². The fraction of sp³-hybridized carbons (Fsp3) is 0.381. The van der Waals surface area contributed by atoms with Gasteiger partial charge in [-0.1, -0.05) is 47.5 Å². The molecule has 2 aromatic rings. The molecule has 3 rings (SSSR count). The van der Waals surface area contributed by atoms with Gasteiger partial charge in [0.05, 0.1) is 12.6 Å². The number of rotatable bonds is 5. The van der Waals surface area contributed by atoms with Crippen molar-refractivity contribution in [3.63, 3.8) is 0 Å². The Morgan fingerprint density at radius 3 is 2.12 bits per heavy atom. The van der Waals surface area contributed by atoms with E-state index in [-0.39, 0.29) is 24.0 Å². The van der Waals surface area contributed by atoms with Crippen molar-refractivity contribution in [2.75, 3.05) is 25.0 Å². The van der Waals surface area contributed by atoms with Gasteiger partial charge in [-0.15, -0.1) is 24.0 Å². The number of hydrogen-bond acceptors (Lipinski definition) is 2. The molecule has 5 heteroatoms. The summed E-state index contributed by atoms with van der Waals surface area (Å²) in [4.78, 5) is 7.15. The van der Waals surface area contributed by atoms with Gasteiger partial charge < -0.3 is 11.1 Å². The summed E-state index contributed by atoms with van der Waals surface area (Å²) in [6.45, 7) is 7.15. The molecule has 0 spiro atoms. The Balaban J connectivity index is 0.00000243. The van der Waals surface area contributed by atoms with E-state index in [9.17, 15) is 0 Å². The average molecular weight is 464 g/mol. The van der Waals surface area contributed by atoms with Gasteiger partial charge in [-0.3, -0.25) is 9.89 Å². The minimum atomic E-state index is 0. The number of halogens is 1. The highest BCUT2D eigenvalue weighted by molar-refractivity contribution is 14.0. The van der Waals surface area contributed by atoms with Crippen LogP contribution in [0.25, 0.3) is 0 Å². The highest BCUT2D eigenvalue weighted by Gasteiger charge is 2.23. The van der Waals surface area contributed by atoms with Crippen molar-refractivity contribution in [3.05, 3.63) is 65.2 Å². The SMILES string of the molecule is Cc1ccc(NC(N)=NCC(c2ccc(C)cc2)N2CCCC2)cc1.I. The molecule has 1 fully saturated rings. The Labute approximate surface area is 173 Å². The number of nitrogens with two attached hydrogens (primary N) is 1. The number of aryl methyl sites for hydroxylation is 2. The minimum absolute atomic E-state index is 0. The molecule has 0 saturated carbocycles. The lowest BCUT2D eigenvalue weighted by atomic mass is 10.0. The maximum absolute atomic E-state index is 6.11. The number of nitrogens with zero attached hydrogens (tertiary/aromatic N) is 2. The highest BCUT2D eigenvalue weighted by Crippen LogP contribution is 2.25. The van der Waals surface area contributed by atoms with Crippen molar-refractivity contribution in [1.82, 2.24) is 4.90 Å². The predicted octanol–water partition coefficient (Wildman–Crippen LogP) is 4.49. The van der Waals surface area contributed by atoms with Crippen LogP contribution in [0, 0.1) is 13.8 Å². The molecule has 1 heterocycles. The molecule has 1 aliphatic heterocycles. The molecule has 1 unspecified atom stereocenters. The zero-order valence-electron chi connectivity index (χ0n) is 15.6. The molecular formula is C21H29IN4. The van der Waals surface area contributed by atoms with Crippen LogP contribution in [0.5, 0.6) is 0 Å². The van der Waals surface area contributed by atoms with Crippen LogP contribution in [0.2, 0.25) is 0 Å². The van der Waals surface area contributed by atoms with Crippen molar-refractivity contribution in [2.45, 2.75) is 32.7 Å². The Morgan fingerprint density at radius 2 is 1.54 bits per heavy atom. The van der Waals surface area contributed by atoms with E-state index in [0.29, 0.717) is 18.5 Å². The lowest BCUT2D eigenvalue weighted by molar-refractivity contribution is 0.252.